The molecule has 0 radical (unpaired) electrons. The summed E-state index contributed by atoms with van der Waals surface area (Å²) in [4.78, 5) is 2.38. The highest BCUT2D eigenvalue weighted by molar-refractivity contribution is 9.10. The van der Waals surface area contributed by atoms with Crippen LogP contribution < -0.4 is 5.32 Å². The van der Waals surface area contributed by atoms with Gasteiger partial charge in [0.15, 0.2) is 0 Å². The summed E-state index contributed by atoms with van der Waals surface area (Å²) >= 11 is 3.43. The summed E-state index contributed by atoms with van der Waals surface area (Å²) in [5, 5.41) is 12.7. The quantitative estimate of drug-likeness (QED) is 0.926. The van der Waals surface area contributed by atoms with Gasteiger partial charge in [0.05, 0.1) is 11.3 Å². The highest BCUT2D eigenvalue weighted by Gasteiger charge is 2.28. The first-order valence-electron chi connectivity index (χ1n) is 6.65. The maximum absolute atomic E-state index is 9.21. The van der Waals surface area contributed by atoms with Gasteiger partial charge in [0.2, 0.25) is 0 Å². The first-order valence-corrected chi connectivity index (χ1v) is 7.44. The number of anilines is 1. The fraction of sp³-hybridized carbons (Fsp3) is 0.533. The van der Waals surface area contributed by atoms with Crippen LogP contribution in [0.4, 0.5) is 5.69 Å². The van der Waals surface area contributed by atoms with Gasteiger partial charge in [-0.25, -0.2) is 0 Å². The monoisotopic (exact) mass is 321 g/mol. The summed E-state index contributed by atoms with van der Waals surface area (Å²) in [5.41, 5.74) is 1.94. The Kier molecular flexibility index (Phi) is 4.49. The Hall–Kier alpha value is -1.05. The van der Waals surface area contributed by atoms with Crippen molar-refractivity contribution >= 4 is 21.6 Å². The van der Waals surface area contributed by atoms with Crippen molar-refractivity contribution in [3.63, 3.8) is 0 Å². The molecule has 1 heterocycles. The van der Waals surface area contributed by atoms with Crippen LogP contribution in [0, 0.1) is 16.7 Å². The third-order valence-electron chi connectivity index (χ3n) is 4.03. The molecule has 3 nitrogen and oxygen atoms in total. The van der Waals surface area contributed by atoms with E-state index in [1.807, 2.05) is 18.2 Å². The van der Waals surface area contributed by atoms with Crippen LogP contribution >= 0.6 is 15.9 Å². The van der Waals surface area contributed by atoms with E-state index in [0.717, 1.165) is 29.8 Å². The van der Waals surface area contributed by atoms with E-state index in [0.29, 0.717) is 11.0 Å². The molecule has 0 spiro atoms. The molecule has 0 unspecified atom stereocenters. The molecule has 19 heavy (non-hydrogen) atoms. The summed E-state index contributed by atoms with van der Waals surface area (Å²) < 4.78 is 0.855. The lowest BCUT2D eigenvalue weighted by Crippen LogP contribution is -2.40. The van der Waals surface area contributed by atoms with E-state index in [2.05, 4.69) is 46.2 Å². The van der Waals surface area contributed by atoms with E-state index in [-0.39, 0.29) is 0 Å². The molecule has 1 aromatic carbocycles. The van der Waals surface area contributed by atoms with Crippen LogP contribution in [0.5, 0.6) is 0 Å². The van der Waals surface area contributed by atoms with Gasteiger partial charge in [0.1, 0.15) is 6.07 Å². The largest absolute Gasteiger partial charge is 0.383 e. The van der Waals surface area contributed by atoms with Gasteiger partial charge in [-0.3, -0.25) is 0 Å². The Labute approximate surface area is 123 Å². The molecule has 1 aliphatic heterocycles. The lowest BCUT2D eigenvalue weighted by Gasteiger charge is -2.38. The van der Waals surface area contributed by atoms with Crippen LogP contribution in [0.2, 0.25) is 0 Å². The smallest absolute Gasteiger partial charge is 0.103 e. The summed E-state index contributed by atoms with van der Waals surface area (Å²) in [6.07, 6.45) is 2.40. The normalized spacial score (nSPS) is 18.8. The summed E-state index contributed by atoms with van der Waals surface area (Å²) in [7, 11) is 2.18. The highest BCUT2D eigenvalue weighted by atomic mass is 79.9. The van der Waals surface area contributed by atoms with E-state index in [4.69, 9.17) is 0 Å². The van der Waals surface area contributed by atoms with Crippen LogP contribution in [0.25, 0.3) is 0 Å². The molecule has 2 rings (SSSR count). The first-order chi connectivity index (χ1) is 9.04. The van der Waals surface area contributed by atoms with Gasteiger partial charge in [-0.15, -0.1) is 0 Å². The van der Waals surface area contributed by atoms with Crippen molar-refractivity contribution in [2.24, 2.45) is 5.41 Å². The van der Waals surface area contributed by atoms with Crippen LogP contribution in [0.1, 0.15) is 25.3 Å². The number of halogens is 1. The number of hydrogen-bond acceptors (Lipinski definition) is 3. The van der Waals surface area contributed by atoms with Gasteiger partial charge >= 0.3 is 0 Å². The lowest BCUT2D eigenvalue weighted by atomic mass is 9.80. The molecule has 0 bridgehead atoms. The molecule has 0 amide bonds. The number of hydrogen-bond donors (Lipinski definition) is 1. The topological polar surface area (TPSA) is 39.1 Å². The van der Waals surface area contributed by atoms with E-state index in [1.54, 1.807) is 0 Å². The second kappa shape index (κ2) is 5.94. The van der Waals surface area contributed by atoms with Crippen molar-refractivity contribution in [2.75, 3.05) is 32.0 Å². The van der Waals surface area contributed by atoms with Crippen LogP contribution in [-0.4, -0.2) is 31.6 Å². The van der Waals surface area contributed by atoms with Crippen molar-refractivity contribution < 1.29 is 0 Å². The Morgan fingerprint density at radius 3 is 2.74 bits per heavy atom. The summed E-state index contributed by atoms with van der Waals surface area (Å²) in [5.74, 6) is 0. The zero-order valence-corrected chi connectivity index (χ0v) is 13.1. The van der Waals surface area contributed by atoms with Gasteiger partial charge in [0.25, 0.3) is 0 Å². The SMILES string of the molecule is CN1CCC(C)(CNc2cccc(Br)c2C#N)CC1. The molecule has 0 atom stereocenters. The molecule has 102 valence electrons. The van der Waals surface area contributed by atoms with E-state index in [1.165, 1.54) is 12.8 Å². The zero-order valence-electron chi connectivity index (χ0n) is 11.5. The van der Waals surface area contributed by atoms with E-state index < -0.39 is 0 Å². The molecule has 1 saturated heterocycles. The molecule has 1 fully saturated rings. The second-order valence-corrected chi connectivity index (χ2v) is 6.60. The Bertz CT molecular complexity index is 485. The van der Waals surface area contributed by atoms with Crippen LogP contribution in [0.3, 0.4) is 0 Å². The van der Waals surface area contributed by atoms with Crippen LogP contribution in [0.15, 0.2) is 22.7 Å². The standard InChI is InChI=1S/C15H20BrN3/c1-15(6-8-19(2)9-7-15)11-18-14-5-3-4-13(16)12(14)10-17/h3-5,18H,6-9,11H2,1-2H3. The highest BCUT2D eigenvalue weighted by Crippen LogP contribution is 2.32. The van der Waals surface area contributed by atoms with Crippen molar-refractivity contribution in [3.8, 4) is 6.07 Å². The molecule has 1 aliphatic rings. The maximum atomic E-state index is 9.21. The Balaban J connectivity index is 2.03. The maximum Gasteiger partial charge on any atom is 0.103 e. The zero-order chi connectivity index (χ0) is 13.9. The van der Waals surface area contributed by atoms with Gasteiger partial charge in [0, 0.05) is 11.0 Å². The minimum absolute atomic E-state index is 0.321. The van der Waals surface area contributed by atoms with Gasteiger partial charge in [-0.05, 0) is 66.5 Å². The van der Waals surface area contributed by atoms with Gasteiger partial charge < -0.3 is 10.2 Å². The molecule has 4 heteroatoms. The molecule has 0 saturated carbocycles. The fourth-order valence-corrected chi connectivity index (χ4v) is 2.88. The average Bonchev–Trinajstić information content (AvgIpc) is 2.40. The molecule has 0 aliphatic carbocycles. The molecule has 0 aromatic heterocycles. The molecule has 1 aromatic rings. The first kappa shape index (κ1) is 14.4. The predicted octanol–water partition coefficient (Wildman–Crippen LogP) is 3.46. The second-order valence-electron chi connectivity index (χ2n) is 5.74. The summed E-state index contributed by atoms with van der Waals surface area (Å²) in [6.45, 7) is 5.56. The Morgan fingerprint density at radius 1 is 1.42 bits per heavy atom. The lowest BCUT2D eigenvalue weighted by molar-refractivity contribution is 0.150. The number of nitrogens with zero attached hydrogens (tertiary/aromatic N) is 2. The Morgan fingerprint density at radius 2 is 2.11 bits per heavy atom. The number of benzene rings is 1. The van der Waals surface area contributed by atoms with E-state index >= 15 is 0 Å². The average molecular weight is 322 g/mol. The van der Waals surface area contributed by atoms with Gasteiger partial charge in [-0.1, -0.05) is 13.0 Å². The fourth-order valence-electron chi connectivity index (χ4n) is 2.43. The number of nitrogens with one attached hydrogen (secondary N) is 1. The summed E-state index contributed by atoms with van der Waals surface area (Å²) in [6, 6.07) is 8.09. The minimum atomic E-state index is 0.321. The third kappa shape index (κ3) is 3.49. The van der Waals surface area contributed by atoms with Crippen LogP contribution in [-0.2, 0) is 0 Å². The van der Waals surface area contributed by atoms with E-state index in [9.17, 15) is 5.26 Å². The van der Waals surface area contributed by atoms with Gasteiger partial charge in [-0.2, -0.15) is 5.26 Å². The van der Waals surface area contributed by atoms with Crippen molar-refractivity contribution in [2.45, 2.75) is 19.8 Å². The van der Waals surface area contributed by atoms with Crippen molar-refractivity contribution in [1.82, 2.24) is 4.90 Å². The number of rotatable bonds is 3. The minimum Gasteiger partial charge on any atom is -0.383 e. The molecule has 1 N–H and O–H groups in total. The molecular weight excluding hydrogens is 302 g/mol. The number of nitriles is 1. The van der Waals surface area contributed by atoms with Crippen molar-refractivity contribution in [1.29, 1.82) is 5.26 Å². The van der Waals surface area contributed by atoms with Crippen molar-refractivity contribution in [3.05, 3.63) is 28.2 Å². The predicted molar refractivity (Wildman–Crippen MR) is 82.2 cm³/mol. The molecular formula is C15H20BrN3. The number of likely N-dealkylation sites (tertiary alicyclic amines) is 1. The third-order valence-corrected chi connectivity index (χ3v) is 4.69. The number of piperidine rings is 1.